The highest BCUT2D eigenvalue weighted by Crippen LogP contribution is 2.67. The molecule has 10 rings (SSSR count). The summed E-state index contributed by atoms with van der Waals surface area (Å²) in [5.41, 5.74) is 6.80. The molecule has 0 bridgehead atoms. The van der Waals surface area contributed by atoms with Gasteiger partial charge in [0.05, 0.1) is 39.4 Å². The van der Waals surface area contributed by atoms with Crippen LogP contribution in [0.25, 0.3) is 21.5 Å². The fraction of sp³-hybridized carbons (Fsp3) is 0. The molecule has 0 aromatic heterocycles. The van der Waals surface area contributed by atoms with Gasteiger partial charge in [-0.3, -0.25) is 0 Å². The van der Waals surface area contributed by atoms with Crippen molar-refractivity contribution in [2.75, 3.05) is 9.80 Å². The number of para-hydroxylation sites is 2. The van der Waals surface area contributed by atoms with E-state index in [4.69, 9.17) is 16.5 Å². The lowest BCUT2D eigenvalue weighted by Crippen LogP contribution is -2.45. The van der Waals surface area contributed by atoms with Crippen molar-refractivity contribution in [1.29, 1.82) is 0 Å². The van der Waals surface area contributed by atoms with Gasteiger partial charge >= 0.3 is 0 Å². The SMILES string of the molecule is S=P12c3c4cccc3N(c3ccccc3)c3c1c(cc1ccccc31)Oc1cc3ccccc3c(c12)N4c1ccccc1. The molecule has 0 atom stereocenters. The molecular weight excluding hydrogens is 563 g/mol. The predicted octanol–water partition coefficient (Wildman–Crippen LogP) is 9.42. The smallest absolute Gasteiger partial charge is 0.139 e. The van der Waals surface area contributed by atoms with Crippen LogP contribution in [0.2, 0.25) is 0 Å². The lowest BCUT2D eigenvalue weighted by molar-refractivity contribution is 0.490. The number of hydrogen-bond acceptors (Lipinski definition) is 4. The van der Waals surface area contributed by atoms with Gasteiger partial charge in [-0.2, -0.15) is 0 Å². The third kappa shape index (κ3) is 2.92. The van der Waals surface area contributed by atoms with Crippen LogP contribution in [0, 0.1) is 0 Å². The van der Waals surface area contributed by atoms with Crippen LogP contribution in [-0.2, 0) is 11.8 Å². The molecule has 0 spiro atoms. The van der Waals surface area contributed by atoms with Crippen molar-refractivity contribution in [2.24, 2.45) is 0 Å². The number of nitrogens with zero attached hydrogens (tertiary/aromatic N) is 2. The van der Waals surface area contributed by atoms with Crippen LogP contribution < -0.4 is 30.5 Å². The molecule has 0 aliphatic carbocycles. The summed E-state index contributed by atoms with van der Waals surface area (Å²) in [5.74, 6) is 1.75. The maximum absolute atomic E-state index is 7.20. The standard InChI is InChI=1S/C38H23N2OPS/c43-42-36-30-20-11-21-31(36)40(27-16-5-2-6-17-27)35-29-19-10-8-13-25(29)23-33(38(35)42)41-32-22-24-12-7-9-18-28(24)34(37(32)42)39(30)26-14-3-1-4-15-26/h1-23H. The van der Waals surface area contributed by atoms with Gasteiger partial charge < -0.3 is 14.5 Å². The Morgan fingerprint density at radius 3 is 1.40 bits per heavy atom. The lowest BCUT2D eigenvalue weighted by Gasteiger charge is -2.49. The third-order valence-electron chi connectivity index (χ3n) is 9.04. The van der Waals surface area contributed by atoms with Gasteiger partial charge in [0.1, 0.15) is 11.5 Å². The van der Waals surface area contributed by atoms with Gasteiger partial charge in [0.15, 0.2) is 0 Å². The van der Waals surface area contributed by atoms with Crippen molar-refractivity contribution in [1.82, 2.24) is 0 Å². The molecule has 3 aliphatic rings. The van der Waals surface area contributed by atoms with Gasteiger partial charge in [-0.1, -0.05) is 103 Å². The molecule has 3 nitrogen and oxygen atoms in total. The Morgan fingerprint density at radius 1 is 0.465 bits per heavy atom. The number of benzene rings is 7. The van der Waals surface area contributed by atoms with E-state index in [0.717, 1.165) is 67.0 Å². The molecule has 0 N–H and O–H groups in total. The maximum atomic E-state index is 7.20. The molecular formula is C38H23N2OPS. The van der Waals surface area contributed by atoms with Crippen molar-refractivity contribution in [2.45, 2.75) is 0 Å². The minimum absolute atomic E-state index is 0.875. The van der Waals surface area contributed by atoms with Crippen LogP contribution in [-0.4, -0.2) is 0 Å². The third-order valence-corrected chi connectivity index (χ3v) is 13.9. The summed E-state index contributed by atoms with van der Waals surface area (Å²) in [7, 11) is 0. The summed E-state index contributed by atoms with van der Waals surface area (Å²) in [6.07, 6.45) is 0. The molecule has 0 saturated heterocycles. The van der Waals surface area contributed by atoms with E-state index in [1.54, 1.807) is 0 Å². The Morgan fingerprint density at radius 2 is 0.907 bits per heavy atom. The van der Waals surface area contributed by atoms with Gasteiger partial charge in [-0.15, -0.1) is 0 Å². The topological polar surface area (TPSA) is 15.7 Å². The first-order chi connectivity index (χ1) is 21.2. The summed E-state index contributed by atoms with van der Waals surface area (Å²) < 4.78 is 7.01. The van der Waals surface area contributed by atoms with E-state index in [1.807, 2.05) is 0 Å². The molecule has 7 aromatic rings. The van der Waals surface area contributed by atoms with Crippen LogP contribution in [0.15, 0.2) is 140 Å². The first-order valence-electron chi connectivity index (χ1n) is 14.5. The van der Waals surface area contributed by atoms with Crippen molar-refractivity contribution >= 4 is 89.4 Å². The highest BCUT2D eigenvalue weighted by molar-refractivity contribution is 8.26. The first kappa shape index (κ1) is 23.6. The molecule has 0 unspecified atom stereocenters. The van der Waals surface area contributed by atoms with E-state index >= 15 is 0 Å². The molecule has 0 saturated carbocycles. The lowest BCUT2D eigenvalue weighted by atomic mass is 10.0. The van der Waals surface area contributed by atoms with E-state index in [9.17, 15) is 0 Å². The minimum Gasteiger partial charge on any atom is -0.456 e. The Kier molecular flexibility index (Phi) is 4.59. The number of ether oxygens (including phenoxy) is 1. The molecule has 0 radical (unpaired) electrons. The summed E-state index contributed by atoms with van der Waals surface area (Å²) in [6, 6.07) is 47.2. The zero-order valence-electron chi connectivity index (χ0n) is 22.9. The van der Waals surface area contributed by atoms with Gasteiger partial charge in [0.25, 0.3) is 0 Å². The zero-order valence-corrected chi connectivity index (χ0v) is 24.6. The van der Waals surface area contributed by atoms with E-state index < -0.39 is 6.04 Å². The quantitative estimate of drug-likeness (QED) is 0.188. The van der Waals surface area contributed by atoms with Crippen molar-refractivity contribution < 1.29 is 4.74 Å². The van der Waals surface area contributed by atoms with Gasteiger partial charge in [-0.05, 0) is 59.3 Å². The molecule has 3 heterocycles. The summed E-state index contributed by atoms with van der Waals surface area (Å²) in [5, 5.41) is 8.20. The fourth-order valence-electron chi connectivity index (χ4n) is 7.39. The predicted molar refractivity (Wildman–Crippen MR) is 184 cm³/mol. The zero-order chi connectivity index (χ0) is 28.3. The molecule has 5 heteroatoms. The molecule has 0 amide bonds. The molecule has 202 valence electrons. The second-order valence-corrected chi connectivity index (χ2v) is 15.5. The van der Waals surface area contributed by atoms with Crippen LogP contribution >= 0.6 is 6.04 Å². The fourth-order valence-corrected chi connectivity index (χ4v) is 12.6. The Balaban J connectivity index is 1.46. The summed E-state index contributed by atoms with van der Waals surface area (Å²) >= 11 is 7.20. The van der Waals surface area contributed by atoms with Gasteiger partial charge in [-0.25, -0.2) is 0 Å². The van der Waals surface area contributed by atoms with E-state index in [0.29, 0.717) is 0 Å². The summed E-state index contributed by atoms with van der Waals surface area (Å²) in [6.45, 7) is 0. The van der Waals surface area contributed by atoms with E-state index in [2.05, 4.69) is 149 Å². The number of anilines is 6. The average molecular weight is 587 g/mol. The Labute approximate surface area is 254 Å². The van der Waals surface area contributed by atoms with Gasteiger partial charge in [0, 0.05) is 27.5 Å². The number of hydrogen-bond donors (Lipinski definition) is 0. The maximum Gasteiger partial charge on any atom is 0.139 e. The Bertz CT molecular complexity index is 2210. The largest absolute Gasteiger partial charge is 0.456 e. The molecule has 7 aromatic carbocycles. The van der Waals surface area contributed by atoms with E-state index in [1.165, 1.54) is 16.1 Å². The van der Waals surface area contributed by atoms with Crippen LogP contribution in [0.4, 0.5) is 34.1 Å². The second-order valence-electron chi connectivity index (χ2n) is 11.3. The minimum atomic E-state index is -2.58. The van der Waals surface area contributed by atoms with Crippen LogP contribution in [0.3, 0.4) is 0 Å². The summed E-state index contributed by atoms with van der Waals surface area (Å²) in [4.78, 5) is 4.85. The highest BCUT2D eigenvalue weighted by Gasteiger charge is 2.51. The highest BCUT2D eigenvalue weighted by atomic mass is 32.4. The monoisotopic (exact) mass is 586 g/mol. The van der Waals surface area contributed by atoms with Crippen LogP contribution in [0.1, 0.15) is 0 Å². The first-order valence-corrected chi connectivity index (χ1v) is 17.3. The number of fused-ring (bicyclic) bond motifs is 4. The van der Waals surface area contributed by atoms with Crippen molar-refractivity contribution in [3.63, 3.8) is 0 Å². The average Bonchev–Trinajstić information content (AvgIpc) is 3.05. The molecule has 3 aliphatic heterocycles. The normalized spacial score (nSPS) is 14.9. The molecule has 43 heavy (non-hydrogen) atoms. The van der Waals surface area contributed by atoms with Crippen molar-refractivity contribution in [3.8, 4) is 11.5 Å². The van der Waals surface area contributed by atoms with Gasteiger partial charge in [0.2, 0.25) is 0 Å². The molecule has 0 fully saturated rings. The Hall–Kier alpha value is -4.89. The van der Waals surface area contributed by atoms with E-state index in [-0.39, 0.29) is 0 Å². The number of rotatable bonds is 2. The second kappa shape index (κ2) is 8.35. The van der Waals surface area contributed by atoms with Crippen LogP contribution in [0.5, 0.6) is 11.5 Å². The van der Waals surface area contributed by atoms with Crippen molar-refractivity contribution in [3.05, 3.63) is 140 Å².